The molecule has 1 atom stereocenters. The number of amides is 1. The lowest BCUT2D eigenvalue weighted by Crippen LogP contribution is -2.80. The molecule has 6 heteroatoms. The minimum atomic E-state index is -0.424. The van der Waals surface area contributed by atoms with Crippen LogP contribution in [0.15, 0.2) is 0 Å². The average Bonchev–Trinajstić information content (AvgIpc) is 2.33. The van der Waals surface area contributed by atoms with Gasteiger partial charge in [-0.2, -0.15) is 0 Å². The lowest BCUT2D eigenvalue weighted by Gasteiger charge is -2.61. The van der Waals surface area contributed by atoms with Crippen LogP contribution in [0.2, 0.25) is 0 Å². The molecule has 1 amide bonds. The number of carbonyl (C=O) groups is 1. The van der Waals surface area contributed by atoms with Gasteiger partial charge in [0.05, 0.1) is 18.8 Å². The molecular formula is C14H25N3O3. The SMILES string of the molecule is CC(C)(C)OC(=O)N1CC2(CNCC3COCCN32)C1. The Labute approximate surface area is 120 Å². The van der Waals surface area contributed by atoms with Crippen molar-refractivity contribution in [3.8, 4) is 0 Å². The number of nitrogens with one attached hydrogen (secondary N) is 1. The van der Waals surface area contributed by atoms with Gasteiger partial charge in [0.25, 0.3) is 0 Å². The second-order valence-corrected chi connectivity index (χ2v) is 7.11. The van der Waals surface area contributed by atoms with E-state index in [-0.39, 0.29) is 11.6 Å². The number of ether oxygens (including phenoxy) is 2. The van der Waals surface area contributed by atoms with E-state index < -0.39 is 5.60 Å². The second kappa shape index (κ2) is 4.86. The van der Waals surface area contributed by atoms with Gasteiger partial charge < -0.3 is 19.7 Å². The summed E-state index contributed by atoms with van der Waals surface area (Å²) >= 11 is 0. The molecule has 3 fully saturated rings. The zero-order valence-electron chi connectivity index (χ0n) is 12.6. The van der Waals surface area contributed by atoms with E-state index in [0.717, 1.165) is 45.9 Å². The van der Waals surface area contributed by atoms with Gasteiger partial charge in [-0.25, -0.2) is 4.79 Å². The number of morpholine rings is 1. The van der Waals surface area contributed by atoms with Crippen LogP contribution in [0.3, 0.4) is 0 Å². The summed E-state index contributed by atoms with van der Waals surface area (Å²) in [4.78, 5) is 16.4. The minimum Gasteiger partial charge on any atom is -0.444 e. The van der Waals surface area contributed by atoms with Crippen molar-refractivity contribution in [1.82, 2.24) is 15.1 Å². The van der Waals surface area contributed by atoms with Crippen molar-refractivity contribution in [3.05, 3.63) is 0 Å². The Balaban J connectivity index is 1.61. The molecule has 3 aliphatic rings. The predicted octanol–water partition coefficient (Wildman–Crippen LogP) is 0.280. The van der Waals surface area contributed by atoms with Crippen molar-refractivity contribution in [2.24, 2.45) is 0 Å². The van der Waals surface area contributed by atoms with Gasteiger partial charge in [0.2, 0.25) is 0 Å². The number of hydrogen-bond acceptors (Lipinski definition) is 5. The molecule has 114 valence electrons. The lowest BCUT2D eigenvalue weighted by molar-refractivity contribution is -0.135. The van der Waals surface area contributed by atoms with Crippen molar-refractivity contribution < 1.29 is 14.3 Å². The van der Waals surface area contributed by atoms with E-state index in [2.05, 4.69) is 10.2 Å². The molecule has 0 bridgehead atoms. The molecule has 3 heterocycles. The third kappa shape index (κ3) is 2.52. The Morgan fingerprint density at radius 1 is 1.40 bits per heavy atom. The Morgan fingerprint density at radius 3 is 2.85 bits per heavy atom. The van der Waals surface area contributed by atoms with E-state index in [1.807, 2.05) is 25.7 Å². The number of likely N-dealkylation sites (tertiary alicyclic amines) is 1. The van der Waals surface area contributed by atoms with E-state index in [1.165, 1.54) is 0 Å². The largest absolute Gasteiger partial charge is 0.444 e. The first-order chi connectivity index (χ1) is 9.40. The highest BCUT2D eigenvalue weighted by atomic mass is 16.6. The van der Waals surface area contributed by atoms with Crippen LogP contribution in [-0.2, 0) is 9.47 Å². The van der Waals surface area contributed by atoms with E-state index in [9.17, 15) is 4.79 Å². The predicted molar refractivity (Wildman–Crippen MR) is 74.7 cm³/mol. The van der Waals surface area contributed by atoms with Crippen molar-refractivity contribution in [2.75, 3.05) is 45.9 Å². The van der Waals surface area contributed by atoms with Crippen LogP contribution in [0.25, 0.3) is 0 Å². The number of fused-ring (bicyclic) bond motifs is 2. The Kier molecular flexibility index (Phi) is 3.43. The van der Waals surface area contributed by atoms with Crippen molar-refractivity contribution in [2.45, 2.75) is 38.0 Å². The average molecular weight is 283 g/mol. The maximum atomic E-state index is 12.1. The molecule has 1 spiro atoms. The molecule has 3 rings (SSSR count). The Bertz CT molecular complexity index is 386. The Hall–Kier alpha value is -0.850. The van der Waals surface area contributed by atoms with Gasteiger partial charge in [0.1, 0.15) is 5.60 Å². The molecule has 3 saturated heterocycles. The summed E-state index contributed by atoms with van der Waals surface area (Å²) in [6, 6.07) is 0.443. The van der Waals surface area contributed by atoms with Crippen LogP contribution in [0.1, 0.15) is 20.8 Å². The number of piperazine rings is 1. The zero-order chi connectivity index (χ0) is 14.4. The second-order valence-electron chi connectivity index (χ2n) is 7.11. The van der Waals surface area contributed by atoms with Crippen LogP contribution in [0.5, 0.6) is 0 Å². The lowest BCUT2D eigenvalue weighted by atomic mass is 9.84. The molecule has 0 aromatic heterocycles. The van der Waals surface area contributed by atoms with Crippen molar-refractivity contribution >= 4 is 6.09 Å². The van der Waals surface area contributed by atoms with Gasteiger partial charge in [-0.05, 0) is 20.8 Å². The summed E-state index contributed by atoms with van der Waals surface area (Å²) < 4.78 is 11.0. The van der Waals surface area contributed by atoms with Gasteiger partial charge in [-0.15, -0.1) is 0 Å². The number of rotatable bonds is 0. The summed E-state index contributed by atoms with van der Waals surface area (Å²) in [6.07, 6.45) is -0.196. The van der Waals surface area contributed by atoms with E-state index in [1.54, 1.807) is 0 Å². The van der Waals surface area contributed by atoms with Gasteiger partial charge in [0, 0.05) is 38.8 Å². The van der Waals surface area contributed by atoms with Crippen molar-refractivity contribution in [3.63, 3.8) is 0 Å². The monoisotopic (exact) mass is 283 g/mol. The molecule has 1 unspecified atom stereocenters. The standard InChI is InChI=1S/C14H25N3O3/c1-13(2,3)20-12(18)16-9-14(10-16)8-15-6-11-7-19-5-4-17(11)14/h11,15H,4-10H2,1-3H3. The Morgan fingerprint density at radius 2 is 2.15 bits per heavy atom. The first kappa shape index (κ1) is 14.1. The normalized spacial score (nSPS) is 29.8. The fourth-order valence-electron chi connectivity index (χ4n) is 3.43. The van der Waals surface area contributed by atoms with E-state index in [4.69, 9.17) is 9.47 Å². The van der Waals surface area contributed by atoms with Crippen LogP contribution >= 0.6 is 0 Å². The fraction of sp³-hybridized carbons (Fsp3) is 0.929. The molecule has 0 radical (unpaired) electrons. The summed E-state index contributed by atoms with van der Waals surface area (Å²) in [5.41, 5.74) is -0.338. The molecule has 0 aromatic rings. The maximum absolute atomic E-state index is 12.1. The topological polar surface area (TPSA) is 54.0 Å². The highest BCUT2D eigenvalue weighted by Gasteiger charge is 2.54. The molecule has 1 N–H and O–H groups in total. The van der Waals surface area contributed by atoms with Crippen molar-refractivity contribution in [1.29, 1.82) is 0 Å². The molecule has 0 aliphatic carbocycles. The zero-order valence-corrected chi connectivity index (χ0v) is 12.6. The molecular weight excluding hydrogens is 258 g/mol. The summed E-state index contributed by atoms with van der Waals surface area (Å²) in [5.74, 6) is 0. The number of hydrogen-bond donors (Lipinski definition) is 1. The van der Waals surface area contributed by atoms with Crippen LogP contribution in [0.4, 0.5) is 4.79 Å². The van der Waals surface area contributed by atoms with E-state index in [0.29, 0.717) is 6.04 Å². The molecule has 20 heavy (non-hydrogen) atoms. The van der Waals surface area contributed by atoms with Gasteiger partial charge in [0.15, 0.2) is 0 Å². The van der Waals surface area contributed by atoms with Gasteiger partial charge in [-0.3, -0.25) is 4.90 Å². The minimum absolute atomic E-state index is 0.0869. The third-order valence-corrected chi connectivity index (χ3v) is 4.29. The third-order valence-electron chi connectivity index (χ3n) is 4.29. The quantitative estimate of drug-likeness (QED) is 0.692. The van der Waals surface area contributed by atoms with Crippen LogP contribution in [0, 0.1) is 0 Å². The summed E-state index contributed by atoms with van der Waals surface area (Å²) in [5, 5.41) is 3.48. The van der Waals surface area contributed by atoms with Crippen LogP contribution < -0.4 is 5.32 Å². The molecule has 6 nitrogen and oxygen atoms in total. The summed E-state index contributed by atoms with van der Waals surface area (Å²) in [6.45, 7) is 11.7. The highest BCUT2D eigenvalue weighted by molar-refractivity contribution is 5.70. The molecule has 0 aromatic carbocycles. The van der Waals surface area contributed by atoms with Gasteiger partial charge >= 0.3 is 6.09 Å². The van der Waals surface area contributed by atoms with Gasteiger partial charge in [-0.1, -0.05) is 0 Å². The number of carbonyl (C=O) groups excluding carboxylic acids is 1. The highest BCUT2D eigenvalue weighted by Crippen LogP contribution is 2.33. The summed E-state index contributed by atoms with van der Waals surface area (Å²) in [7, 11) is 0. The van der Waals surface area contributed by atoms with Crippen LogP contribution in [-0.4, -0.2) is 79.0 Å². The number of nitrogens with zero attached hydrogens (tertiary/aromatic N) is 2. The molecule has 0 saturated carbocycles. The first-order valence-corrected chi connectivity index (χ1v) is 7.43. The van der Waals surface area contributed by atoms with E-state index >= 15 is 0 Å². The fourth-order valence-corrected chi connectivity index (χ4v) is 3.43. The molecule has 3 aliphatic heterocycles. The maximum Gasteiger partial charge on any atom is 0.410 e. The smallest absolute Gasteiger partial charge is 0.410 e. The first-order valence-electron chi connectivity index (χ1n) is 7.43.